The van der Waals surface area contributed by atoms with E-state index in [1.807, 2.05) is 37.3 Å². The van der Waals surface area contributed by atoms with Crippen LogP contribution in [0.15, 0.2) is 48.5 Å². The zero-order valence-corrected chi connectivity index (χ0v) is 17.0. The van der Waals surface area contributed by atoms with Crippen molar-refractivity contribution in [2.75, 3.05) is 26.1 Å². The first-order valence-corrected chi connectivity index (χ1v) is 9.16. The second-order valence-electron chi connectivity index (χ2n) is 6.51. The van der Waals surface area contributed by atoms with Crippen LogP contribution in [0.5, 0.6) is 0 Å². The Morgan fingerprint density at radius 1 is 0.900 bits per heavy atom. The van der Waals surface area contributed by atoms with Crippen LogP contribution in [0.4, 0.5) is 5.69 Å². The van der Waals surface area contributed by atoms with Gasteiger partial charge in [0.2, 0.25) is 0 Å². The standard InChI is InChI=1S/C22H23NO7/c1-14(15-7-5-4-6-8-15)9-20(25)30-13-19(24)23-18-11-16(21(26)28-2)10-17(12-18)22(27)29-3/h4-8,10-12,14H,9,13H2,1-3H3,(H,23,24)/t14-/m1/s1. The summed E-state index contributed by atoms with van der Waals surface area (Å²) in [6.07, 6.45) is 0.127. The summed E-state index contributed by atoms with van der Waals surface area (Å²) in [7, 11) is 2.39. The predicted molar refractivity (Wildman–Crippen MR) is 108 cm³/mol. The highest BCUT2D eigenvalue weighted by atomic mass is 16.5. The normalized spacial score (nSPS) is 11.2. The molecule has 0 spiro atoms. The summed E-state index contributed by atoms with van der Waals surface area (Å²) in [4.78, 5) is 47.8. The maximum Gasteiger partial charge on any atom is 0.337 e. The third-order valence-corrected chi connectivity index (χ3v) is 4.26. The molecule has 30 heavy (non-hydrogen) atoms. The van der Waals surface area contributed by atoms with Crippen molar-refractivity contribution in [2.45, 2.75) is 19.3 Å². The highest BCUT2D eigenvalue weighted by Crippen LogP contribution is 2.19. The van der Waals surface area contributed by atoms with Crippen LogP contribution in [0.25, 0.3) is 0 Å². The molecule has 8 heteroatoms. The van der Waals surface area contributed by atoms with E-state index in [-0.39, 0.29) is 29.2 Å². The zero-order chi connectivity index (χ0) is 22.1. The first kappa shape index (κ1) is 22.6. The lowest BCUT2D eigenvalue weighted by Gasteiger charge is -2.12. The summed E-state index contributed by atoms with van der Waals surface area (Å²) < 4.78 is 14.3. The predicted octanol–water partition coefficient (Wildman–Crippen LogP) is 2.94. The molecule has 0 bridgehead atoms. The topological polar surface area (TPSA) is 108 Å². The van der Waals surface area contributed by atoms with E-state index in [0.29, 0.717) is 0 Å². The number of hydrogen-bond acceptors (Lipinski definition) is 7. The second kappa shape index (κ2) is 10.8. The van der Waals surface area contributed by atoms with Crippen molar-refractivity contribution in [3.63, 3.8) is 0 Å². The first-order valence-electron chi connectivity index (χ1n) is 9.16. The number of amides is 1. The van der Waals surface area contributed by atoms with Crippen molar-refractivity contribution in [2.24, 2.45) is 0 Å². The van der Waals surface area contributed by atoms with Gasteiger partial charge in [0.15, 0.2) is 6.61 Å². The number of anilines is 1. The van der Waals surface area contributed by atoms with Crippen LogP contribution >= 0.6 is 0 Å². The minimum Gasteiger partial charge on any atom is -0.465 e. The summed E-state index contributed by atoms with van der Waals surface area (Å²) in [5.41, 5.74) is 1.28. The van der Waals surface area contributed by atoms with Gasteiger partial charge < -0.3 is 19.5 Å². The fourth-order valence-electron chi connectivity index (χ4n) is 2.72. The van der Waals surface area contributed by atoms with Gasteiger partial charge in [-0.3, -0.25) is 9.59 Å². The molecule has 8 nitrogen and oxygen atoms in total. The average Bonchev–Trinajstić information content (AvgIpc) is 2.76. The number of carbonyl (C=O) groups is 4. The van der Waals surface area contributed by atoms with Crippen LogP contribution < -0.4 is 5.32 Å². The maximum absolute atomic E-state index is 12.2. The second-order valence-corrected chi connectivity index (χ2v) is 6.51. The van der Waals surface area contributed by atoms with Gasteiger partial charge in [-0.25, -0.2) is 9.59 Å². The number of ether oxygens (including phenoxy) is 3. The Morgan fingerprint density at radius 3 is 2.00 bits per heavy atom. The molecule has 0 aliphatic rings. The van der Waals surface area contributed by atoms with Crippen molar-refractivity contribution < 1.29 is 33.4 Å². The molecule has 0 unspecified atom stereocenters. The molecule has 0 saturated carbocycles. The van der Waals surface area contributed by atoms with Gasteiger partial charge in [-0.1, -0.05) is 37.3 Å². The van der Waals surface area contributed by atoms with Gasteiger partial charge in [0, 0.05) is 5.69 Å². The van der Waals surface area contributed by atoms with E-state index in [1.165, 1.54) is 32.4 Å². The summed E-state index contributed by atoms with van der Waals surface area (Å²) in [5.74, 6) is -2.55. The number of esters is 3. The van der Waals surface area contributed by atoms with Gasteiger partial charge >= 0.3 is 17.9 Å². The average molecular weight is 413 g/mol. The summed E-state index contributed by atoms with van der Waals surface area (Å²) >= 11 is 0. The molecular weight excluding hydrogens is 390 g/mol. The lowest BCUT2D eigenvalue weighted by molar-refractivity contribution is -0.147. The summed E-state index contributed by atoms with van der Waals surface area (Å²) in [5, 5.41) is 2.49. The summed E-state index contributed by atoms with van der Waals surface area (Å²) in [6.45, 7) is 1.39. The van der Waals surface area contributed by atoms with Gasteiger partial charge in [-0.2, -0.15) is 0 Å². The quantitative estimate of drug-likeness (QED) is 0.524. The number of carbonyl (C=O) groups excluding carboxylic acids is 4. The maximum atomic E-state index is 12.2. The highest BCUT2D eigenvalue weighted by molar-refractivity contribution is 6.00. The molecule has 1 N–H and O–H groups in total. The van der Waals surface area contributed by atoms with Gasteiger partial charge in [0.1, 0.15) is 0 Å². The van der Waals surface area contributed by atoms with Crippen molar-refractivity contribution in [1.29, 1.82) is 0 Å². The van der Waals surface area contributed by atoms with Crippen molar-refractivity contribution >= 4 is 29.5 Å². The fourth-order valence-corrected chi connectivity index (χ4v) is 2.72. The number of nitrogens with one attached hydrogen (secondary N) is 1. The van der Waals surface area contributed by atoms with Gasteiger partial charge in [0.25, 0.3) is 5.91 Å². The molecule has 0 aliphatic heterocycles. The third kappa shape index (κ3) is 6.44. The molecule has 2 aromatic rings. The molecule has 0 aromatic heterocycles. The Labute approximate surface area is 174 Å². The van der Waals surface area contributed by atoms with Crippen LogP contribution in [0.3, 0.4) is 0 Å². The van der Waals surface area contributed by atoms with Gasteiger partial charge in [-0.15, -0.1) is 0 Å². The molecule has 0 saturated heterocycles. The minimum absolute atomic E-state index is 0.0545. The zero-order valence-electron chi connectivity index (χ0n) is 17.0. The largest absolute Gasteiger partial charge is 0.465 e. The molecule has 0 radical (unpaired) electrons. The lowest BCUT2D eigenvalue weighted by atomic mass is 9.98. The SMILES string of the molecule is COC(=O)c1cc(NC(=O)COC(=O)C[C@@H](C)c2ccccc2)cc(C(=O)OC)c1. The monoisotopic (exact) mass is 413 g/mol. The first-order chi connectivity index (χ1) is 14.3. The Hall–Kier alpha value is -3.68. The van der Waals surface area contributed by atoms with E-state index < -0.39 is 30.4 Å². The highest BCUT2D eigenvalue weighted by Gasteiger charge is 2.17. The van der Waals surface area contributed by atoms with Crippen LogP contribution in [0.1, 0.15) is 45.5 Å². The number of benzene rings is 2. The summed E-state index contributed by atoms with van der Waals surface area (Å²) in [6, 6.07) is 13.5. The molecule has 0 fully saturated rings. The van der Waals surface area contributed by atoms with Crippen molar-refractivity contribution in [3.8, 4) is 0 Å². The van der Waals surface area contributed by atoms with E-state index in [2.05, 4.69) is 14.8 Å². The fraction of sp³-hybridized carbons (Fsp3) is 0.273. The van der Waals surface area contributed by atoms with E-state index in [1.54, 1.807) is 0 Å². The Balaban J connectivity index is 1.97. The van der Waals surface area contributed by atoms with Gasteiger partial charge in [-0.05, 0) is 29.7 Å². The van der Waals surface area contributed by atoms with E-state index in [9.17, 15) is 19.2 Å². The van der Waals surface area contributed by atoms with Crippen LogP contribution in [-0.4, -0.2) is 44.6 Å². The van der Waals surface area contributed by atoms with E-state index >= 15 is 0 Å². The molecule has 2 aromatic carbocycles. The lowest BCUT2D eigenvalue weighted by Crippen LogP contribution is -2.22. The molecule has 1 atom stereocenters. The molecule has 158 valence electrons. The minimum atomic E-state index is -0.683. The van der Waals surface area contributed by atoms with Crippen LogP contribution in [0, 0.1) is 0 Å². The number of rotatable bonds is 8. The third-order valence-electron chi connectivity index (χ3n) is 4.26. The molecule has 0 aliphatic carbocycles. The van der Waals surface area contributed by atoms with Crippen LogP contribution in [0.2, 0.25) is 0 Å². The Kier molecular flexibility index (Phi) is 8.10. The van der Waals surface area contributed by atoms with E-state index in [0.717, 1.165) is 5.56 Å². The number of hydrogen-bond donors (Lipinski definition) is 1. The molecular formula is C22H23NO7. The number of methoxy groups -OCH3 is 2. The van der Waals surface area contributed by atoms with Crippen molar-refractivity contribution in [1.82, 2.24) is 0 Å². The Morgan fingerprint density at radius 2 is 1.47 bits per heavy atom. The smallest absolute Gasteiger partial charge is 0.337 e. The molecule has 1 amide bonds. The van der Waals surface area contributed by atoms with Crippen molar-refractivity contribution in [3.05, 3.63) is 65.2 Å². The molecule has 2 rings (SSSR count). The van der Waals surface area contributed by atoms with Gasteiger partial charge in [0.05, 0.1) is 31.8 Å². The van der Waals surface area contributed by atoms with E-state index in [4.69, 9.17) is 4.74 Å². The Bertz CT molecular complexity index is 890. The van der Waals surface area contributed by atoms with Crippen LogP contribution in [-0.2, 0) is 23.8 Å². The molecule has 0 heterocycles.